The van der Waals surface area contributed by atoms with Crippen LogP contribution in [0.2, 0.25) is 0 Å². The normalized spacial score (nSPS) is 25.0. The number of aliphatic hydroxyl groups is 2. The van der Waals surface area contributed by atoms with Crippen molar-refractivity contribution in [1.82, 2.24) is 0 Å². The molecule has 0 saturated carbocycles. The lowest BCUT2D eigenvalue weighted by Crippen LogP contribution is -2.18. The van der Waals surface area contributed by atoms with Gasteiger partial charge in [-0.3, -0.25) is 19.2 Å². The van der Waals surface area contributed by atoms with Gasteiger partial charge < -0.3 is 10.2 Å². The quantitative estimate of drug-likeness (QED) is 0.0779. The number of carbonyl (C=O) groups excluding carboxylic acids is 4. The topological polar surface area (TPSA) is 109 Å². The number of hydrogen-bond acceptors (Lipinski definition) is 6. The molecule has 0 aromatic carbocycles. The van der Waals surface area contributed by atoms with Crippen LogP contribution in [0.5, 0.6) is 0 Å². The Morgan fingerprint density at radius 2 is 0.722 bits per heavy atom. The average molecular weight is 1100 g/mol. The van der Waals surface area contributed by atoms with E-state index in [0.29, 0.717) is 52.7 Å². The van der Waals surface area contributed by atoms with E-state index in [-0.39, 0.29) is 12.2 Å². The maximum absolute atomic E-state index is 11.3. The van der Waals surface area contributed by atoms with Crippen LogP contribution < -0.4 is 0 Å². The van der Waals surface area contributed by atoms with E-state index in [2.05, 4.69) is 102 Å². The van der Waals surface area contributed by atoms with Crippen LogP contribution in [0.25, 0.3) is 0 Å². The Hall–Kier alpha value is -3.22. The third kappa shape index (κ3) is 39.8. The summed E-state index contributed by atoms with van der Waals surface area (Å²) in [5.74, 6) is 6.07. The van der Waals surface area contributed by atoms with E-state index in [9.17, 15) is 29.4 Å². The molecule has 0 aromatic rings. The fraction of sp³-hybridized carbons (Fsp3) is 0.753. The molecule has 0 saturated heterocycles. The zero-order valence-electron chi connectivity index (χ0n) is 53.7. The van der Waals surface area contributed by atoms with Gasteiger partial charge in [-0.25, -0.2) is 0 Å². The molecule has 8 atom stereocenters. The molecular formula is C73H124O6. The van der Waals surface area contributed by atoms with Crippen LogP contribution in [-0.4, -0.2) is 45.6 Å². The SMILES string of the molecule is CC/C=C\CCC1CC(=O)C=C(C)C1.CC1=CC(O)CC(CC(C)C)C1.CCCC1CC(C)=CC(O)C1.CCCCCC1CC(=O)C=C(C)C1.CCCCCCC1CC(=O)C=C(C)C1.CCCCCCCC1CC(=O)C=C(C)C1. The van der Waals surface area contributed by atoms with Crippen LogP contribution in [0.4, 0.5) is 0 Å². The second-order valence-corrected chi connectivity index (χ2v) is 26.1. The van der Waals surface area contributed by atoms with Crippen molar-refractivity contribution in [2.45, 2.75) is 314 Å². The Morgan fingerprint density at radius 3 is 1.08 bits per heavy atom. The van der Waals surface area contributed by atoms with E-state index >= 15 is 0 Å². The molecule has 0 fully saturated rings. The Kier molecular flexibility index (Phi) is 42.3. The standard InChI is InChI=1S/C14H24O.C13H22O.C13H20O.C12H20O.C11H20O.C10H18O/c1-3-4-5-6-7-8-13-9-12(2)10-14(15)11-13;2*1-3-4-5-6-7-12-8-11(2)9-13(14)10-12;1-3-4-5-6-11-7-10(2)8-12(13)9-11;1-8(2)4-10-5-9(3)6-11(12)7-10;1-3-4-9-5-8(2)6-10(11)7-9/h10,13H,3-9,11H2,1-2H3;9,12H,3-8,10H2,1-2H3;4-5,9,12H,3,6-8,10H2,1-2H3;8,11H,3-7,9H2,1-2H3;6,8,10-12H,4-5,7H2,1-3H3;6,9-11H,3-5,7H2,1-2H3/b;;5-4-;;;. The summed E-state index contributed by atoms with van der Waals surface area (Å²) in [5.41, 5.74) is 7.82. The number of aliphatic hydroxyl groups excluding tert-OH is 2. The first-order valence-electron chi connectivity index (χ1n) is 32.8. The van der Waals surface area contributed by atoms with Crippen LogP contribution in [0.3, 0.4) is 0 Å². The average Bonchev–Trinajstić information content (AvgIpc) is 3.34. The highest BCUT2D eigenvalue weighted by Crippen LogP contribution is 2.32. The maximum Gasteiger partial charge on any atom is 0.155 e. The fourth-order valence-corrected chi connectivity index (χ4v) is 13.0. The smallest absolute Gasteiger partial charge is 0.155 e. The molecule has 0 aliphatic heterocycles. The Labute approximate surface area is 487 Å². The highest BCUT2D eigenvalue weighted by molar-refractivity contribution is 5.92. The van der Waals surface area contributed by atoms with Crippen LogP contribution in [-0.2, 0) is 19.2 Å². The highest BCUT2D eigenvalue weighted by atomic mass is 16.3. The second kappa shape index (κ2) is 45.3. The molecule has 0 aromatic heterocycles. The molecule has 0 bridgehead atoms. The first-order valence-corrected chi connectivity index (χ1v) is 32.8. The van der Waals surface area contributed by atoms with Gasteiger partial charge in [0.05, 0.1) is 12.2 Å². The van der Waals surface area contributed by atoms with Crippen molar-refractivity contribution in [2.24, 2.45) is 41.4 Å². The minimum absolute atomic E-state index is 0.166. The maximum atomic E-state index is 11.3. The lowest BCUT2D eigenvalue weighted by molar-refractivity contribution is -0.116. The molecule has 6 rings (SSSR count). The van der Waals surface area contributed by atoms with Gasteiger partial charge in [-0.05, 0) is 204 Å². The molecule has 0 heterocycles. The number of hydrogen-bond donors (Lipinski definition) is 2. The monoisotopic (exact) mass is 1100 g/mol. The number of unbranched alkanes of at least 4 members (excludes halogenated alkanes) is 9. The van der Waals surface area contributed by atoms with E-state index in [1.165, 1.54) is 162 Å². The molecule has 452 valence electrons. The van der Waals surface area contributed by atoms with E-state index in [0.717, 1.165) is 95.3 Å². The van der Waals surface area contributed by atoms with Gasteiger partial charge in [0.25, 0.3) is 0 Å². The predicted octanol–water partition coefficient (Wildman–Crippen LogP) is 20.6. The molecular weight excluding hydrogens is 973 g/mol. The Balaban J connectivity index is 0.000000475. The third-order valence-electron chi connectivity index (χ3n) is 16.4. The fourth-order valence-electron chi connectivity index (χ4n) is 13.0. The minimum atomic E-state index is -0.178. The van der Waals surface area contributed by atoms with E-state index in [1.54, 1.807) is 6.08 Å². The van der Waals surface area contributed by atoms with E-state index < -0.39 is 0 Å². The van der Waals surface area contributed by atoms with Gasteiger partial charge in [0.1, 0.15) is 0 Å². The highest BCUT2D eigenvalue weighted by Gasteiger charge is 2.23. The summed E-state index contributed by atoms with van der Waals surface area (Å²) in [7, 11) is 0. The van der Waals surface area contributed by atoms with Crippen molar-refractivity contribution in [3.8, 4) is 0 Å². The third-order valence-corrected chi connectivity index (χ3v) is 16.4. The van der Waals surface area contributed by atoms with Gasteiger partial charge in [0.15, 0.2) is 23.1 Å². The molecule has 0 radical (unpaired) electrons. The van der Waals surface area contributed by atoms with Crippen molar-refractivity contribution in [2.75, 3.05) is 0 Å². The van der Waals surface area contributed by atoms with Crippen molar-refractivity contribution in [3.63, 3.8) is 0 Å². The molecule has 0 amide bonds. The molecule has 0 spiro atoms. The van der Waals surface area contributed by atoms with Gasteiger partial charge >= 0.3 is 0 Å². The van der Waals surface area contributed by atoms with Gasteiger partial charge in [-0.2, -0.15) is 0 Å². The first kappa shape index (κ1) is 73.8. The molecule has 6 aliphatic rings. The molecule has 8 unspecified atom stereocenters. The van der Waals surface area contributed by atoms with Gasteiger partial charge in [0.2, 0.25) is 0 Å². The lowest BCUT2D eigenvalue weighted by Gasteiger charge is -2.25. The van der Waals surface area contributed by atoms with E-state index in [1.807, 2.05) is 30.4 Å². The number of rotatable bonds is 23. The summed E-state index contributed by atoms with van der Waals surface area (Å²) in [6.07, 6.45) is 54.1. The van der Waals surface area contributed by atoms with Crippen LogP contribution >= 0.6 is 0 Å². The van der Waals surface area contributed by atoms with Gasteiger partial charge in [-0.1, -0.05) is 196 Å². The van der Waals surface area contributed by atoms with Gasteiger partial charge in [-0.15, -0.1) is 0 Å². The summed E-state index contributed by atoms with van der Waals surface area (Å²) >= 11 is 0. The zero-order valence-corrected chi connectivity index (χ0v) is 53.7. The van der Waals surface area contributed by atoms with Crippen molar-refractivity contribution >= 4 is 23.1 Å². The second-order valence-electron chi connectivity index (χ2n) is 26.1. The summed E-state index contributed by atoms with van der Waals surface area (Å²) < 4.78 is 0. The number of allylic oxidation sites excluding steroid dienone is 12. The number of carbonyl (C=O) groups is 4. The Bertz CT molecular complexity index is 1920. The molecule has 2 N–H and O–H groups in total. The van der Waals surface area contributed by atoms with E-state index in [4.69, 9.17) is 0 Å². The van der Waals surface area contributed by atoms with Crippen molar-refractivity contribution in [3.05, 3.63) is 82.0 Å². The zero-order chi connectivity index (χ0) is 59.0. The van der Waals surface area contributed by atoms with Crippen molar-refractivity contribution in [1.29, 1.82) is 0 Å². The van der Waals surface area contributed by atoms with Crippen LogP contribution in [0, 0.1) is 41.4 Å². The molecule has 6 aliphatic carbocycles. The van der Waals surface area contributed by atoms with Gasteiger partial charge in [0, 0.05) is 25.7 Å². The summed E-state index contributed by atoms with van der Waals surface area (Å²) in [5, 5.41) is 18.9. The summed E-state index contributed by atoms with van der Waals surface area (Å²) in [6, 6.07) is 0. The largest absolute Gasteiger partial charge is 0.389 e. The lowest BCUT2D eigenvalue weighted by atomic mass is 9.83. The molecule has 6 nitrogen and oxygen atoms in total. The molecule has 6 heteroatoms. The first-order chi connectivity index (χ1) is 37.7. The number of ketones is 4. The Morgan fingerprint density at radius 1 is 0.392 bits per heavy atom. The van der Waals surface area contributed by atoms with Crippen molar-refractivity contribution < 1.29 is 29.4 Å². The van der Waals surface area contributed by atoms with Crippen LogP contribution in [0.1, 0.15) is 302 Å². The summed E-state index contributed by atoms with van der Waals surface area (Å²) in [4.78, 5) is 45.2. The molecule has 79 heavy (non-hydrogen) atoms. The summed E-state index contributed by atoms with van der Waals surface area (Å²) in [6.45, 7) is 28.1. The minimum Gasteiger partial charge on any atom is -0.389 e. The predicted molar refractivity (Wildman–Crippen MR) is 340 cm³/mol. The van der Waals surface area contributed by atoms with Crippen LogP contribution in [0.15, 0.2) is 82.0 Å².